The molecule has 1 N–H and O–H groups in total. The van der Waals surface area contributed by atoms with Gasteiger partial charge in [-0.15, -0.1) is 0 Å². The van der Waals surface area contributed by atoms with Gasteiger partial charge in [-0.3, -0.25) is 4.79 Å². The van der Waals surface area contributed by atoms with Gasteiger partial charge in [-0.1, -0.05) is 0 Å². The Morgan fingerprint density at radius 3 is 2.55 bits per heavy atom. The highest BCUT2D eigenvalue weighted by Gasteiger charge is 2.38. The minimum absolute atomic E-state index is 0.0432. The van der Waals surface area contributed by atoms with Gasteiger partial charge in [0.25, 0.3) is 15.9 Å². The molecule has 0 bridgehead atoms. The van der Waals surface area contributed by atoms with Crippen LogP contribution in [0.5, 0.6) is 11.5 Å². The molecule has 2 atom stereocenters. The van der Waals surface area contributed by atoms with Crippen molar-refractivity contribution in [2.24, 2.45) is 0 Å². The summed E-state index contributed by atoms with van der Waals surface area (Å²) in [5.74, 6) is -2.44. The molecule has 0 spiro atoms. The molecule has 0 aromatic heterocycles. The van der Waals surface area contributed by atoms with Crippen LogP contribution in [0.2, 0.25) is 0 Å². The lowest BCUT2D eigenvalue weighted by molar-refractivity contribution is -0.148. The molecule has 0 aliphatic carbocycles. The molecule has 9 nitrogen and oxygen atoms in total. The normalized spacial score (nSPS) is 18.4. The lowest BCUT2D eigenvalue weighted by Crippen LogP contribution is -2.50. The van der Waals surface area contributed by atoms with Gasteiger partial charge in [0.05, 0.1) is 10.5 Å². The van der Waals surface area contributed by atoms with E-state index in [1.807, 2.05) is 23.7 Å². The van der Waals surface area contributed by atoms with E-state index in [0.717, 1.165) is 12.5 Å². The Morgan fingerprint density at radius 1 is 1.24 bits per heavy atom. The molecule has 0 radical (unpaired) electrons. The van der Waals surface area contributed by atoms with Crippen molar-refractivity contribution in [1.29, 1.82) is 5.26 Å². The van der Waals surface area contributed by atoms with Gasteiger partial charge in [-0.25, -0.2) is 21.9 Å². The van der Waals surface area contributed by atoms with Crippen molar-refractivity contribution >= 4 is 15.9 Å². The standard InChI is InChI=1S/C26H31F2N3O6S/c1-26(11-4-5-13-36-26)25(32)30-38(33,34)22-14-18(16-29)24(23(28)15-22)37-21(10-12-31(2)3)17-35-20-8-6-19(27)7-9-20/h6-9,14-15,21H,4-5,10-13,17H2,1-3H3,(H,30,32)/t21-,26-/m1/s1. The molecule has 0 unspecified atom stereocenters. The second-order valence-electron chi connectivity index (χ2n) is 9.46. The summed E-state index contributed by atoms with van der Waals surface area (Å²) in [4.78, 5) is 13.9. The van der Waals surface area contributed by atoms with E-state index in [-0.39, 0.29) is 12.2 Å². The van der Waals surface area contributed by atoms with Gasteiger partial charge in [0.15, 0.2) is 11.6 Å². The van der Waals surface area contributed by atoms with Gasteiger partial charge in [-0.2, -0.15) is 5.26 Å². The Bertz CT molecular complexity index is 1270. The minimum Gasteiger partial charge on any atom is -0.490 e. The van der Waals surface area contributed by atoms with E-state index in [9.17, 15) is 22.9 Å². The number of nitriles is 1. The Balaban J connectivity index is 1.81. The van der Waals surface area contributed by atoms with Crippen LogP contribution in [-0.4, -0.2) is 64.8 Å². The van der Waals surface area contributed by atoms with Crippen molar-refractivity contribution in [1.82, 2.24) is 9.62 Å². The van der Waals surface area contributed by atoms with Gasteiger partial charge in [-0.05, 0) is 76.7 Å². The number of nitrogens with one attached hydrogen (secondary N) is 1. The average molecular weight is 552 g/mol. The van der Waals surface area contributed by atoms with E-state index in [0.29, 0.717) is 44.2 Å². The van der Waals surface area contributed by atoms with Crippen LogP contribution in [0.1, 0.15) is 38.2 Å². The maximum Gasteiger partial charge on any atom is 0.265 e. The summed E-state index contributed by atoms with van der Waals surface area (Å²) < 4.78 is 73.0. The minimum atomic E-state index is -4.51. The lowest BCUT2D eigenvalue weighted by Gasteiger charge is -2.32. The predicted octanol–water partition coefficient (Wildman–Crippen LogP) is 3.38. The Hall–Kier alpha value is -3.27. The first kappa shape index (κ1) is 29.3. The summed E-state index contributed by atoms with van der Waals surface area (Å²) in [5.41, 5.74) is -1.69. The number of ether oxygens (including phenoxy) is 3. The highest BCUT2D eigenvalue weighted by atomic mass is 32.2. The van der Waals surface area contributed by atoms with E-state index >= 15 is 4.39 Å². The average Bonchev–Trinajstić information content (AvgIpc) is 2.87. The molecule has 2 aromatic carbocycles. The molecule has 12 heteroatoms. The Kier molecular flexibility index (Phi) is 9.65. The second-order valence-corrected chi connectivity index (χ2v) is 11.1. The summed E-state index contributed by atoms with van der Waals surface area (Å²) in [6.45, 7) is 2.32. The van der Waals surface area contributed by atoms with Crippen molar-refractivity contribution in [2.45, 2.75) is 49.2 Å². The number of halogens is 2. The van der Waals surface area contributed by atoms with E-state index in [1.54, 1.807) is 6.07 Å². The first-order valence-corrected chi connectivity index (χ1v) is 13.6. The Morgan fingerprint density at radius 2 is 1.95 bits per heavy atom. The molecule has 0 saturated carbocycles. The predicted molar refractivity (Wildman–Crippen MR) is 134 cm³/mol. The molecule has 1 aliphatic rings. The summed E-state index contributed by atoms with van der Waals surface area (Å²) in [7, 11) is -0.828. The number of benzene rings is 2. The van der Waals surface area contributed by atoms with Crippen LogP contribution in [0.3, 0.4) is 0 Å². The molecule has 1 aliphatic heterocycles. The fourth-order valence-corrected chi connectivity index (χ4v) is 4.90. The van der Waals surface area contributed by atoms with E-state index in [1.165, 1.54) is 31.2 Å². The number of carbonyl (C=O) groups is 1. The lowest BCUT2D eigenvalue weighted by atomic mass is 9.95. The third kappa shape index (κ3) is 7.63. The number of carbonyl (C=O) groups excluding carboxylic acids is 1. The third-order valence-corrected chi connectivity index (χ3v) is 7.37. The number of rotatable bonds is 11. The van der Waals surface area contributed by atoms with Crippen molar-refractivity contribution < 1.29 is 36.2 Å². The van der Waals surface area contributed by atoms with Gasteiger partial charge in [0.1, 0.15) is 35.9 Å². The quantitative estimate of drug-likeness (QED) is 0.452. The number of amides is 1. The third-order valence-electron chi connectivity index (χ3n) is 6.06. The molecule has 38 heavy (non-hydrogen) atoms. The van der Waals surface area contributed by atoms with E-state index in [2.05, 4.69) is 0 Å². The molecule has 3 rings (SSSR count). The highest BCUT2D eigenvalue weighted by Crippen LogP contribution is 2.29. The molecule has 2 aromatic rings. The first-order valence-electron chi connectivity index (χ1n) is 12.1. The van der Waals surface area contributed by atoms with Crippen molar-refractivity contribution in [3.05, 3.63) is 53.6 Å². The van der Waals surface area contributed by atoms with Crippen LogP contribution in [0.4, 0.5) is 8.78 Å². The molecular weight excluding hydrogens is 520 g/mol. The molecule has 1 heterocycles. The van der Waals surface area contributed by atoms with Crippen molar-refractivity contribution in [3.63, 3.8) is 0 Å². The van der Waals surface area contributed by atoms with Gasteiger partial charge >= 0.3 is 0 Å². The van der Waals surface area contributed by atoms with Crippen molar-refractivity contribution in [3.8, 4) is 17.6 Å². The smallest absolute Gasteiger partial charge is 0.265 e. The molecular formula is C26H31F2N3O6S. The zero-order chi connectivity index (χ0) is 27.9. The highest BCUT2D eigenvalue weighted by molar-refractivity contribution is 7.90. The van der Waals surface area contributed by atoms with Crippen LogP contribution in [-0.2, 0) is 19.6 Å². The van der Waals surface area contributed by atoms with E-state index < -0.39 is 49.9 Å². The number of sulfonamides is 1. The molecule has 1 saturated heterocycles. The van der Waals surface area contributed by atoms with Gasteiger partial charge in [0.2, 0.25) is 0 Å². The summed E-state index contributed by atoms with van der Waals surface area (Å²) in [6.07, 6.45) is 1.46. The van der Waals surface area contributed by atoms with E-state index in [4.69, 9.17) is 14.2 Å². The monoisotopic (exact) mass is 551 g/mol. The van der Waals surface area contributed by atoms with Crippen LogP contribution in [0.25, 0.3) is 0 Å². The molecule has 1 fully saturated rings. The molecule has 206 valence electrons. The Labute approximate surface area is 221 Å². The number of hydrogen-bond acceptors (Lipinski definition) is 8. The van der Waals surface area contributed by atoms with Crippen molar-refractivity contribution in [2.75, 3.05) is 33.9 Å². The topological polar surface area (TPSA) is 118 Å². The zero-order valence-corrected chi connectivity index (χ0v) is 22.3. The number of nitrogens with zero attached hydrogens (tertiary/aromatic N) is 2. The van der Waals surface area contributed by atoms with Gasteiger partial charge in [0, 0.05) is 19.6 Å². The maximum absolute atomic E-state index is 15.2. The van der Waals surface area contributed by atoms with Crippen LogP contribution in [0.15, 0.2) is 41.3 Å². The summed E-state index contributed by atoms with van der Waals surface area (Å²) in [6, 6.07) is 8.74. The summed E-state index contributed by atoms with van der Waals surface area (Å²) in [5, 5.41) is 9.65. The zero-order valence-electron chi connectivity index (χ0n) is 21.5. The van der Waals surface area contributed by atoms with Crippen LogP contribution < -0.4 is 14.2 Å². The second kappa shape index (κ2) is 12.5. The first-order chi connectivity index (χ1) is 17.9. The maximum atomic E-state index is 15.2. The van der Waals surface area contributed by atoms with Crippen LogP contribution in [0, 0.1) is 23.0 Å². The summed E-state index contributed by atoms with van der Waals surface area (Å²) >= 11 is 0. The largest absolute Gasteiger partial charge is 0.490 e. The SMILES string of the molecule is CN(C)CC[C@H](COc1ccc(F)cc1)Oc1c(F)cc(S(=O)(=O)NC(=O)[C@@]2(C)CCCCO2)cc1C#N. The van der Waals surface area contributed by atoms with Gasteiger partial charge < -0.3 is 19.1 Å². The number of hydrogen-bond donors (Lipinski definition) is 1. The fraction of sp³-hybridized carbons (Fsp3) is 0.462. The fourth-order valence-electron chi connectivity index (χ4n) is 3.79. The molecule has 1 amide bonds. The van der Waals surface area contributed by atoms with Crippen LogP contribution >= 0.6 is 0 Å².